The summed E-state index contributed by atoms with van der Waals surface area (Å²) < 4.78 is 5.67. The van der Waals surface area contributed by atoms with Crippen LogP contribution < -0.4 is 4.74 Å². The van der Waals surface area contributed by atoms with Gasteiger partial charge in [0.15, 0.2) is 5.78 Å². The Morgan fingerprint density at radius 3 is 2.62 bits per heavy atom. The summed E-state index contributed by atoms with van der Waals surface area (Å²) in [6, 6.07) is 3.29. The van der Waals surface area contributed by atoms with Gasteiger partial charge < -0.3 is 4.74 Å². The highest BCUT2D eigenvalue weighted by atomic mass is 79.9. The van der Waals surface area contributed by atoms with Crippen LogP contribution in [0.4, 0.5) is 0 Å². The SMILES string of the molecule is COc1cc(C(C)=O)cc(Br)c1Cl. The molecule has 0 fully saturated rings. The molecule has 1 aromatic carbocycles. The number of rotatable bonds is 2. The number of methoxy groups -OCH3 is 1. The Hall–Kier alpha value is -0.540. The van der Waals surface area contributed by atoms with E-state index in [2.05, 4.69) is 15.9 Å². The first-order valence-corrected chi connectivity index (χ1v) is 4.77. The summed E-state index contributed by atoms with van der Waals surface area (Å²) in [5.41, 5.74) is 0.577. The number of ketones is 1. The van der Waals surface area contributed by atoms with E-state index in [-0.39, 0.29) is 5.78 Å². The lowest BCUT2D eigenvalue weighted by Crippen LogP contribution is -1.94. The zero-order valence-electron chi connectivity index (χ0n) is 7.23. The maximum atomic E-state index is 11.1. The number of ether oxygens (including phenoxy) is 1. The minimum Gasteiger partial charge on any atom is -0.495 e. The maximum absolute atomic E-state index is 11.1. The molecule has 70 valence electrons. The molecule has 0 saturated carbocycles. The monoisotopic (exact) mass is 262 g/mol. The van der Waals surface area contributed by atoms with Gasteiger partial charge in [0.05, 0.1) is 12.1 Å². The highest BCUT2D eigenvalue weighted by Gasteiger charge is 2.09. The van der Waals surface area contributed by atoms with Gasteiger partial charge in [-0.25, -0.2) is 0 Å². The third kappa shape index (κ3) is 2.23. The molecule has 0 unspecified atom stereocenters. The van der Waals surface area contributed by atoms with Crippen LogP contribution in [0.2, 0.25) is 5.02 Å². The van der Waals surface area contributed by atoms with E-state index in [1.54, 1.807) is 12.1 Å². The summed E-state index contributed by atoms with van der Waals surface area (Å²) in [6.45, 7) is 1.50. The molecular weight excluding hydrogens is 255 g/mol. The average molecular weight is 264 g/mol. The quantitative estimate of drug-likeness (QED) is 0.765. The van der Waals surface area contributed by atoms with Gasteiger partial charge in [-0.3, -0.25) is 4.79 Å². The lowest BCUT2D eigenvalue weighted by Gasteiger charge is -2.06. The number of carbonyl (C=O) groups excluding carboxylic acids is 1. The van der Waals surface area contributed by atoms with Crippen LogP contribution >= 0.6 is 27.5 Å². The second-order valence-corrected chi connectivity index (χ2v) is 3.76. The van der Waals surface area contributed by atoms with Gasteiger partial charge in [0.1, 0.15) is 5.75 Å². The Kier molecular flexibility index (Phi) is 3.33. The predicted octanol–water partition coefficient (Wildman–Crippen LogP) is 3.31. The summed E-state index contributed by atoms with van der Waals surface area (Å²) in [5, 5.41) is 0.479. The van der Waals surface area contributed by atoms with Crippen molar-refractivity contribution in [1.29, 1.82) is 0 Å². The molecule has 1 aromatic rings. The molecule has 1 rings (SSSR count). The van der Waals surface area contributed by atoms with Crippen molar-refractivity contribution in [2.24, 2.45) is 0 Å². The fraction of sp³-hybridized carbons (Fsp3) is 0.222. The molecule has 0 aliphatic rings. The van der Waals surface area contributed by atoms with Crippen molar-refractivity contribution in [3.05, 3.63) is 27.2 Å². The number of Topliss-reactive ketones (excluding diaryl/α,β-unsaturated/α-hetero) is 1. The lowest BCUT2D eigenvalue weighted by atomic mass is 10.1. The van der Waals surface area contributed by atoms with E-state index < -0.39 is 0 Å². The molecule has 0 aromatic heterocycles. The topological polar surface area (TPSA) is 26.3 Å². The molecule has 0 saturated heterocycles. The third-order valence-electron chi connectivity index (χ3n) is 1.62. The van der Waals surface area contributed by atoms with Crippen LogP contribution in [0.1, 0.15) is 17.3 Å². The fourth-order valence-corrected chi connectivity index (χ4v) is 1.54. The van der Waals surface area contributed by atoms with Crippen molar-refractivity contribution >= 4 is 33.3 Å². The van der Waals surface area contributed by atoms with Gasteiger partial charge >= 0.3 is 0 Å². The molecule has 0 aliphatic carbocycles. The van der Waals surface area contributed by atoms with E-state index in [4.69, 9.17) is 16.3 Å². The van der Waals surface area contributed by atoms with Crippen molar-refractivity contribution in [2.45, 2.75) is 6.92 Å². The Bertz CT molecular complexity index is 350. The standard InChI is InChI=1S/C9H8BrClO2/c1-5(12)6-3-7(10)9(11)8(4-6)13-2/h3-4H,1-2H3. The van der Waals surface area contributed by atoms with E-state index in [1.165, 1.54) is 14.0 Å². The summed E-state index contributed by atoms with van der Waals surface area (Å²) in [5.74, 6) is 0.483. The first-order valence-electron chi connectivity index (χ1n) is 3.60. The Morgan fingerprint density at radius 2 is 2.15 bits per heavy atom. The van der Waals surface area contributed by atoms with Gasteiger partial charge in [0, 0.05) is 10.0 Å². The summed E-state index contributed by atoms with van der Waals surface area (Å²) in [6.07, 6.45) is 0. The number of hydrogen-bond donors (Lipinski definition) is 0. The van der Waals surface area contributed by atoms with Gasteiger partial charge in [0.2, 0.25) is 0 Å². The zero-order chi connectivity index (χ0) is 10.0. The van der Waals surface area contributed by atoms with Crippen LogP contribution in [0.25, 0.3) is 0 Å². The van der Waals surface area contributed by atoms with Crippen LogP contribution in [-0.2, 0) is 0 Å². The van der Waals surface area contributed by atoms with Gasteiger partial charge in [-0.1, -0.05) is 11.6 Å². The number of halogens is 2. The predicted molar refractivity (Wildman–Crippen MR) is 55.7 cm³/mol. The van der Waals surface area contributed by atoms with Gasteiger partial charge in [-0.15, -0.1) is 0 Å². The molecule has 4 heteroatoms. The molecule has 0 radical (unpaired) electrons. The van der Waals surface area contributed by atoms with E-state index >= 15 is 0 Å². The van der Waals surface area contributed by atoms with Gasteiger partial charge in [0.25, 0.3) is 0 Å². The van der Waals surface area contributed by atoms with Gasteiger partial charge in [-0.2, -0.15) is 0 Å². The molecule has 0 bridgehead atoms. The number of hydrogen-bond acceptors (Lipinski definition) is 2. The van der Waals surface area contributed by atoms with Crippen molar-refractivity contribution in [3.8, 4) is 5.75 Å². The highest BCUT2D eigenvalue weighted by Crippen LogP contribution is 2.33. The normalized spacial score (nSPS) is 9.85. The molecule has 0 amide bonds. The third-order valence-corrected chi connectivity index (χ3v) is 2.86. The van der Waals surface area contributed by atoms with Crippen LogP contribution in [0.5, 0.6) is 5.75 Å². The lowest BCUT2D eigenvalue weighted by molar-refractivity contribution is 0.101. The second kappa shape index (κ2) is 4.11. The molecule has 0 atom stereocenters. The molecule has 2 nitrogen and oxygen atoms in total. The molecule has 0 aliphatic heterocycles. The summed E-state index contributed by atoms with van der Waals surface area (Å²) in [4.78, 5) is 11.1. The summed E-state index contributed by atoms with van der Waals surface area (Å²) in [7, 11) is 1.51. The fourth-order valence-electron chi connectivity index (χ4n) is 0.916. The molecular formula is C9H8BrClO2. The van der Waals surface area contributed by atoms with Crippen molar-refractivity contribution in [1.82, 2.24) is 0 Å². The average Bonchev–Trinajstić information content (AvgIpc) is 2.09. The summed E-state index contributed by atoms with van der Waals surface area (Å²) >= 11 is 9.13. The number of benzene rings is 1. The van der Waals surface area contributed by atoms with E-state index in [1.807, 2.05) is 0 Å². The largest absolute Gasteiger partial charge is 0.495 e. The zero-order valence-corrected chi connectivity index (χ0v) is 9.57. The van der Waals surface area contributed by atoms with E-state index in [0.29, 0.717) is 20.8 Å². The first kappa shape index (κ1) is 10.5. The molecule has 0 heterocycles. The van der Waals surface area contributed by atoms with E-state index in [0.717, 1.165) is 0 Å². The second-order valence-electron chi connectivity index (χ2n) is 2.53. The maximum Gasteiger partial charge on any atom is 0.159 e. The number of carbonyl (C=O) groups is 1. The smallest absolute Gasteiger partial charge is 0.159 e. The van der Waals surface area contributed by atoms with Crippen LogP contribution in [0.3, 0.4) is 0 Å². The van der Waals surface area contributed by atoms with Crippen LogP contribution in [0, 0.1) is 0 Å². The molecule has 0 spiro atoms. The van der Waals surface area contributed by atoms with Crippen molar-refractivity contribution in [3.63, 3.8) is 0 Å². The Labute approximate surface area is 90.0 Å². The Balaban J connectivity index is 3.30. The van der Waals surface area contributed by atoms with Crippen LogP contribution in [0.15, 0.2) is 16.6 Å². The minimum absolute atomic E-state index is 0.0179. The molecule has 13 heavy (non-hydrogen) atoms. The van der Waals surface area contributed by atoms with Gasteiger partial charge in [-0.05, 0) is 35.0 Å². The minimum atomic E-state index is -0.0179. The molecule has 0 N–H and O–H groups in total. The van der Waals surface area contributed by atoms with Crippen molar-refractivity contribution < 1.29 is 9.53 Å². The highest BCUT2D eigenvalue weighted by molar-refractivity contribution is 9.10. The first-order chi connectivity index (χ1) is 6.06. The Morgan fingerprint density at radius 1 is 1.54 bits per heavy atom. The van der Waals surface area contributed by atoms with E-state index in [9.17, 15) is 4.79 Å². The van der Waals surface area contributed by atoms with Crippen LogP contribution in [-0.4, -0.2) is 12.9 Å². The van der Waals surface area contributed by atoms with Crippen molar-refractivity contribution in [2.75, 3.05) is 7.11 Å².